The number of nitrogens with zero attached hydrogens (tertiary/aromatic N) is 6. The third kappa shape index (κ3) is 9.90. The molecule has 0 spiro atoms. The van der Waals surface area contributed by atoms with Gasteiger partial charge in [-0.15, -0.1) is 10.2 Å². The number of fused-ring (bicyclic) bond motifs is 2. The smallest absolute Gasteiger partial charge is 0.411 e. The molecule has 6 aromatic rings. The molecule has 19 nitrogen and oxygen atoms in total. The minimum atomic E-state index is -0.860. The molecule has 0 aliphatic heterocycles. The van der Waals surface area contributed by atoms with Gasteiger partial charge in [-0.2, -0.15) is 0 Å². The van der Waals surface area contributed by atoms with Crippen molar-refractivity contribution in [1.82, 2.24) is 30.0 Å². The van der Waals surface area contributed by atoms with Crippen molar-refractivity contribution in [2.45, 2.75) is 45.7 Å². The number of carboxylic acids is 2. The lowest BCUT2D eigenvalue weighted by atomic mass is 10.1. The summed E-state index contributed by atoms with van der Waals surface area (Å²) in [5.74, 6) is -2.07. The molecule has 6 rings (SSSR count). The number of benzene rings is 2. The van der Waals surface area contributed by atoms with Crippen LogP contribution in [0.1, 0.15) is 32.6 Å². The number of aliphatic carboxylic acids is 2. The van der Waals surface area contributed by atoms with Crippen LogP contribution in [0.25, 0.3) is 44.5 Å². The third-order valence-corrected chi connectivity index (χ3v) is 8.59. The summed E-state index contributed by atoms with van der Waals surface area (Å²) in [5.41, 5.74) is 1.98. The Balaban J connectivity index is 0.000000208. The van der Waals surface area contributed by atoms with E-state index in [0.29, 0.717) is 70.4 Å². The highest BCUT2D eigenvalue weighted by Crippen LogP contribution is 2.27. The largest absolute Gasteiger partial charge is 0.481 e. The zero-order valence-electron chi connectivity index (χ0n) is 28.6. The van der Waals surface area contributed by atoms with Crippen molar-refractivity contribution in [2.24, 2.45) is 0 Å². The van der Waals surface area contributed by atoms with Crippen molar-refractivity contribution < 1.29 is 43.0 Å². The molecule has 54 heavy (non-hydrogen) atoms. The fraction of sp³-hybridized carbons (Fsp3) is 0.235. The fourth-order valence-electron chi connectivity index (χ4n) is 4.99. The number of hydrogen-bond acceptors (Lipinski definition) is 13. The lowest BCUT2D eigenvalue weighted by molar-refractivity contribution is -0.138. The Morgan fingerprint density at radius 1 is 0.796 bits per heavy atom. The number of carboxylic acid groups (broad SMARTS) is 2. The van der Waals surface area contributed by atoms with E-state index in [1.165, 1.54) is 20.1 Å². The average molecular weight is 855 g/mol. The molecule has 0 saturated heterocycles. The van der Waals surface area contributed by atoms with Gasteiger partial charge in [0.15, 0.2) is 0 Å². The minimum Gasteiger partial charge on any atom is -0.481 e. The van der Waals surface area contributed by atoms with E-state index in [2.05, 4.69) is 58.6 Å². The lowest BCUT2D eigenvalue weighted by Crippen LogP contribution is -2.17. The first kappa shape index (κ1) is 38.8. The second-order valence-corrected chi connectivity index (χ2v) is 12.5. The summed E-state index contributed by atoms with van der Waals surface area (Å²) in [7, 11) is 1.20. The summed E-state index contributed by atoms with van der Waals surface area (Å²) in [6, 6.07) is 13.4. The number of hydrogen-bond donors (Lipinski definition) is 4. The summed E-state index contributed by atoms with van der Waals surface area (Å²) in [6.07, 6.45) is 1.94. The highest BCUT2D eigenvalue weighted by atomic mass is 127. The summed E-state index contributed by atoms with van der Waals surface area (Å²) in [5, 5.41) is 39.6. The number of amides is 2. The van der Waals surface area contributed by atoms with Crippen LogP contribution >= 0.6 is 22.6 Å². The number of nitrogens with one attached hydrogen (secondary N) is 2. The van der Waals surface area contributed by atoms with E-state index in [-0.39, 0.29) is 30.1 Å². The maximum Gasteiger partial charge on any atom is 0.411 e. The van der Waals surface area contributed by atoms with Gasteiger partial charge in [0, 0.05) is 54.8 Å². The Bertz CT molecular complexity index is 2490. The molecule has 0 fully saturated rings. The number of rotatable bonds is 12. The Morgan fingerprint density at radius 3 is 1.96 bits per heavy atom. The van der Waals surface area contributed by atoms with E-state index in [1.807, 2.05) is 0 Å². The molecule has 4 N–H and O–H groups in total. The highest BCUT2D eigenvalue weighted by molar-refractivity contribution is 14.1. The zero-order chi connectivity index (χ0) is 38.9. The number of methoxy groups -OCH3 is 1. The monoisotopic (exact) mass is 854 g/mol. The molecule has 0 atom stereocenters. The van der Waals surface area contributed by atoms with Crippen molar-refractivity contribution >= 4 is 79.8 Å². The van der Waals surface area contributed by atoms with Crippen molar-refractivity contribution in [3.05, 3.63) is 79.3 Å². The molecule has 280 valence electrons. The van der Waals surface area contributed by atoms with Crippen LogP contribution in [0.15, 0.2) is 73.2 Å². The Hall–Kier alpha value is -6.45. The zero-order valence-corrected chi connectivity index (χ0v) is 30.7. The van der Waals surface area contributed by atoms with Gasteiger partial charge in [0.05, 0.1) is 13.3 Å². The van der Waals surface area contributed by atoms with E-state index in [0.717, 1.165) is 3.70 Å². The Morgan fingerprint density at radius 2 is 1.37 bits per heavy atom. The van der Waals surface area contributed by atoms with Crippen LogP contribution < -0.4 is 21.9 Å². The molecule has 2 amide bonds. The molecule has 2 aromatic carbocycles. The van der Waals surface area contributed by atoms with Gasteiger partial charge < -0.3 is 29.1 Å². The minimum absolute atomic E-state index is 0.0222. The van der Waals surface area contributed by atoms with Crippen LogP contribution in [-0.4, -0.2) is 71.2 Å². The Kier molecular flexibility index (Phi) is 12.5. The third-order valence-electron chi connectivity index (χ3n) is 7.53. The molecule has 0 saturated carbocycles. The van der Waals surface area contributed by atoms with Gasteiger partial charge in [-0.3, -0.25) is 24.4 Å². The van der Waals surface area contributed by atoms with Gasteiger partial charge in [-0.25, -0.2) is 19.1 Å². The van der Waals surface area contributed by atoms with Crippen LogP contribution in [0.4, 0.5) is 16.2 Å². The van der Waals surface area contributed by atoms with Gasteiger partial charge in [-0.05, 0) is 59.7 Å². The number of ether oxygens (including phenoxy) is 1. The Labute approximate surface area is 317 Å². The maximum absolute atomic E-state index is 12.1. The first-order chi connectivity index (χ1) is 25.8. The van der Waals surface area contributed by atoms with Crippen molar-refractivity contribution in [1.29, 1.82) is 0 Å². The van der Waals surface area contributed by atoms with Crippen LogP contribution in [0, 0.1) is 3.70 Å². The van der Waals surface area contributed by atoms with Crippen molar-refractivity contribution in [3.8, 4) is 22.5 Å². The molecule has 20 heteroatoms. The maximum atomic E-state index is 12.1. The first-order valence-electron chi connectivity index (χ1n) is 16.0. The summed E-state index contributed by atoms with van der Waals surface area (Å²) in [4.78, 5) is 67.6. The number of aromatic nitrogens is 6. The SMILES string of the molecule is CC(=O)Nc1cc2ccc(-c3cn(CCCC(=O)O)nn3)cc2oc1=O.COC(=O)Nc1cc2ccc(-c3nnn(CCCC(=O)O)c3I)cc2oc1=O. The topological polar surface area (TPSA) is 264 Å². The number of carbonyl (C=O) groups is 4. The number of aryl methyl sites for hydroxylation is 2. The number of carbonyl (C=O) groups excluding carboxylic acids is 2. The highest BCUT2D eigenvalue weighted by Gasteiger charge is 2.16. The molecule has 0 unspecified atom stereocenters. The van der Waals surface area contributed by atoms with Gasteiger partial charge in [0.25, 0.3) is 0 Å². The van der Waals surface area contributed by atoms with Crippen LogP contribution in [0.2, 0.25) is 0 Å². The molecule has 4 heterocycles. The van der Waals surface area contributed by atoms with Crippen LogP contribution in [0.5, 0.6) is 0 Å². The summed E-state index contributed by atoms with van der Waals surface area (Å²) in [6.45, 7) is 2.19. The predicted octanol–water partition coefficient (Wildman–Crippen LogP) is 4.57. The fourth-order valence-corrected chi connectivity index (χ4v) is 5.74. The molecular weight excluding hydrogens is 823 g/mol. The predicted molar refractivity (Wildman–Crippen MR) is 200 cm³/mol. The van der Waals surface area contributed by atoms with E-state index in [4.69, 9.17) is 19.0 Å². The number of anilines is 2. The second-order valence-electron chi connectivity index (χ2n) is 11.5. The van der Waals surface area contributed by atoms with E-state index in [1.54, 1.807) is 58.0 Å². The van der Waals surface area contributed by atoms with Gasteiger partial charge >= 0.3 is 29.3 Å². The van der Waals surface area contributed by atoms with Crippen molar-refractivity contribution in [3.63, 3.8) is 0 Å². The van der Waals surface area contributed by atoms with Crippen LogP contribution in [-0.2, 0) is 32.2 Å². The molecule has 0 aliphatic rings. The normalized spacial score (nSPS) is 10.8. The van der Waals surface area contributed by atoms with Gasteiger partial charge in [-0.1, -0.05) is 34.7 Å². The summed E-state index contributed by atoms with van der Waals surface area (Å²) < 4.78 is 19.0. The van der Waals surface area contributed by atoms with Crippen molar-refractivity contribution in [2.75, 3.05) is 17.7 Å². The molecule has 0 bridgehead atoms. The quantitative estimate of drug-likeness (QED) is 0.0970. The first-order valence-corrected chi connectivity index (χ1v) is 17.1. The number of halogens is 1. The van der Waals surface area contributed by atoms with Crippen LogP contribution in [0.3, 0.4) is 0 Å². The van der Waals surface area contributed by atoms with Gasteiger partial charge in [0.1, 0.15) is 37.6 Å². The molecule has 0 radical (unpaired) electrons. The standard InChI is InChI=1S/C17H15IN4O6.C17H16N4O5/c1-27-17(26)19-11-7-9-4-5-10(8-12(9)28-16(11)25)14-15(18)22(21-20-14)6-2-3-13(23)24;1-10(22)18-13-7-12-5-4-11(8-15(12)26-17(13)25)14-9-21(20-19-14)6-2-3-16(23)24/h4-5,7-8H,2-3,6H2,1H3,(H,19,26)(H,23,24);4-5,7-9H,2-3,6H2,1H3,(H,18,22)(H,23,24). The molecule has 0 aliphatic carbocycles. The summed E-state index contributed by atoms with van der Waals surface area (Å²) >= 11 is 2.09. The average Bonchev–Trinajstić information content (AvgIpc) is 3.74. The van der Waals surface area contributed by atoms with Gasteiger partial charge in [0.2, 0.25) is 5.91 Å². The molecule has 4 aromatic heterocycles. The lowest BCUT2D eigenvalue weighted by Gasteiger charge is -2.05. The second kappa shape index (κ2) is 17.4. The van der Waals surface area contributed by atoms with E-state index >= 15 is 0 Å². The van der Waals surface area contributed by atoms with E-state index in [9.17, 15) is 28.8 Å². The molecular formula is C34H31IN8O11. The van der Waals surface area contributed by atoms with E-state index < -0.39 is 29.3 Å².